The maximum absolute atomic E-state index is 12.6. The number of thiazole rings is 1. The van der Waals surface area contributed by atoms with E-state index >= 15 is 0 Å². The summed E-state index contributed by atoms with van der Waals surface area (Å²) in [4.78, 5) is 17.2. The standard InChI is InChI=1S/C23H27N3O4S2/c1-4-15-30-19-11-7-17(8-12-19)21-16-31-23(24-21)25-22(27)18-9-13-20(14-10-18)32(28,29)26(5-2)6-3/h7-14,16H,4-6,15H2,1-3H3,(H,24,25,27). The Morgan fingerprint density at radius 2 is 1.69 bits per heavy atom. The molecular weight excluding hydrogens is 446 g/mol. The summed E-state index contributed by atoms with van der Waals surface area (Å²) in [5, 5.41) is 5.12. The number of nitrogens with zero attached hydrogens (tertiary/aromatic N) is 2. The molecule has 9 heteroatoms. The van der Waals surface area contributed by atoms with Gasteiger partial charge in [0, 0.05) is 29.6 Å². The topological polar surface area (TPSA) is 88.6 Å². The molecule has 0 atom stereocenters. The van der Waals surface area contributed by atoms with Crippen LogP contribution in [-0.4, -0.2) is 43.3 Å². The lowest BCUT2D eigenvalue weighted by Crippen LogP contribution is -2.30. The van der Waals surface area contributed by atoms with Crippen LogP contribution >= 0.6 is 11.3 Å². The molecule has 0 aliphatic heterocycles. The van der Waals surface area contributed by atoms with Gasteiger partial charge in [0.15, 0.2) is 5.13 Å². The Morgan fingerprint density at radius 3 is 2.28 bits per heavy atom. The van der Waals surface area contributed by atoms with Crippen LogP contribution in [0.3, 0.4) is 0 Å². The smallest absolute Gasteiger partial charge is 0.257 e. The molecule has 7 nitrogen and oxygen atoms in total. The minimum atomic E-state index is -3.56. The van der Waals surface area contributed by atoms with Crippen LogP contribution in [0.5, 0.6) is 5.75 Å². The monoisotopic (exact) mass is 473 g/mol. The maximum Gasteiger partial charge on any atom is 0.257 e. The molecule has 1 aromatic heterocycles. The van der Waals surface area contributed by atoms with Crippen LogP contribution in [0.25, 0.3) is 11.3 Å². The lowest BCUT2D eigenvalue weighted by molar-refractivity contribution is 0.102. The molecule has 0 radical (unpaired) electrons. The Morgan fingerprint density at radius 1 is 1.03 bits per heavy atom. The molecule has 0 fully saturated rings. The number of rotatable bonds is 10. The van der Waals surface area contributed by atoms with E-state index < -0.39 is 10.0 Å². The van der Waals surface area contributed by atoms with Crippen molar-refractivity contribution < 1.29 is 17.9 Å². The van der Waals surface area contributed by atoms with Gasteiger partial charge in [-0.3, -0.25) is 10.1 Å². The highest BCUT2D eigenvalue weighted by atomic mass is 32.2. The number of aromatic nitrogens is 1. The molecule has 170 valence electrons. The molecule has 0 spiro atoms. The molecule has 0 aliphatic carbocycles. The van der Waals surface area contributed by atoms with Crippen molar-refractivity contribution in [2.24, 2.45) is 0 Å². The van der Waals surface area contributed by atoms with Crippen molar-refractivity contribution in [3.05, 3.63) is 59.5 Å². The number of hydrogen-bond donors (Lipinski definition) is 1. The number of nitrogens with one attached hydrogen (secondary N) is 1. The molecule has 32 heavy (non-hydrogen) atoms. The highest BCUT2D eigenvalue weighted by molar-refractivity contribution is 7.89. The molecule has 1 N–H and O–H groups in total. The lowest BCUT2D eigenvalue weighted by Gasteiger charge is -2.18. The molecule has 0 saturated heterocycles. The largest absolute Gasteiger partial charge is 0.494 e. The Bertz CT molecular complexity index is 1140. The number of carbonyl (C=O) groups excluding carboxylic acids is 1. The van der Waals surface area contributed by atoms with Gasteiger partial charge in [-0.2, -0.15) is 4.31 Å². The van der Waals surface area contributed by atoms with Crippen molar-refractivity contribution in [2.45, 2.75) is 32.1 Å². The quantitative estimate of drug-likeness (QED) is 0.453. The first-order valence-corrected chi connectivity index (χ1v) is 12.8. The van der Waals surface area contributed by atoms with E-state index in [0.717, 1.165) is 23.4 Å². The average Bonchev–Trinajstić information content (AvgIpc) is 3.27. The third-order valence-electron chi connectivity index (χ3n) is 4.81. The highest BCUT2D eigenvalue weighted by Crippen LogP contribution is 2.27. The summed E-state index contributed by atoms with van der Waals surface area (Å²) in [5.41, 5.74) is 2.04. The average molecular weight is 474 g/mol. The molecule has 3 aromatic rings. The second kappa shape index (κ2) is 10.7. The van der Waals surface area contributed by atoms with Gasteiger partial charge < -0.3 is 4.74 Å². The third-order valence-corrected chi connectivity index (χ3v) is 7.63. The number of anilines is 1. The third kappa shape index (κ3) is 5.53. The first-order chi connectivity index (χ1) is 15.4. The van der Waals surface area contributed by atoms with Crippen LogP contribution in [0.15, 0.2) is 58.8 Å². The summed E-state index contributed by atoms with van der Waals surface area (Å²) >= 11 is 1.33. The van der Waals surface area contributed by atoms with Gasteiger partial charge in [-0.25, -0.2) is 13.4 Å². The Kier molecular flexibility index (Phi) is 8.00. The van der Waals surface area contributed by atoms with Crippen molar-refractivity contribution in [1.82, 2.24) is 9.29 Å². The van der Waals surface area contributed by atoms with Crippen LogP contribution < -0.4 is 10.1 Å². The molecule has 0 aliphatic rings. The Hall–Kier alpha value is -2.75. The van der Waals surface area contributed by atoms with Crippen LogP contribution in [0.4, 0.5) is 5.13 Å². The Labute approximate surface area is 193 Å². The van der Waals surface area contributed by atoms with Gasteiger partial charge in [0.1, 0.15) is 5.75 Å². The number of sulfonamides is 1. The van der Waals surface area contributed by atoms with E-state index in [9.17, 15) is 13.2 Å². The number of hydrogen-bond acceptors (Lipinski definition) is 6. The van der Waals surface area contributed by atoms with Gasteiger partial charge >= 0.3 is 0 Å². The summed E-state index contributed by atoms with van der Waals surface area (Å²) in [7, 11) is -3.56. The van der Waals surface area contributed by atoms with Gasteiger partial charge in [-0.1, -0.05) is 20.8 Å². The fourth-order valence-electron chi connectivity index (χ4n) is 3.07. The van der Waals surface area contributed by atoms with E-state index in [1.54, 1.807) is 13.8 Å². The second-order valence-corrected chi connectivity index (χ2v) is 9.77. The zero-order valence-electron chi connectivity index (χ0n) is 18.4. The van der Waals surface area contributed by atoms with Gasteiger partial charge in [0.2, 0.25) is 10.0 Å². The van der Waals surface area contributed by atoms with E-state index in [1.807, 2.05) is 29.6 Å². The van der Waals surface area contributed by atoms with E-state index in [0.29, 0.717) is 30.4 Å². The molecule has 2 aromatic carbocycles. The molecule has 1 heterocycles. The molecule has 1 amide bonds. The highest BCUT2D eigenvalue weighted by Gasteiger charge is 2.21. The van der Waals surface area contributed by atoms with E-state index in [4.69, 9.17) is 4.74 Å². The predicted molar refractivity (Wildman–Crippen MR) is 128 cm³/mol. The summed E-state index contributed by atoms with van der Waals surface area (Å²) in [6.45, 7) is 7.10. The summed E-state index contributed by atoms with van der Waals surface area (Å²) in [5.74, 6) is 0.465. The lowest BCUT2D eigenvalue weighted by atomic mass is 10.2. The van der Waals surface area contributed by atoms with Crippen molar-refractivity contribution in [1.29, 1.82) is 0 Å². The van der Waals surface area contributed by atoms with E-state index in [2.05, 4.69) is 17.2 Å². The van der Waals surface area contributed by atoms with Crippen LogP contribution in [-0.2, 0) is 10.0 Å². The minimum Gasteiger partial charge on any atom is -0.494 e. The van der Waals surface area contributed by atoms with E-state index in [1.165, 1.54) is 39.9 Å². The van der Waals surface area contributed by atoms with Crippen LogP contribution in [0.1, 0.15) is 37.6 Å². The van der Waals surface area contributed by atoms with Crippen LogP contribution in [0, 0.1) is 0 Å². The normalized spacial score (nSPS) is 11.5. The number of ether oxygens (including phenoxy) is 1. The van der Waals surface area contributed by atoms with Crippen molar-refractivity contribution in [3.63, 3.8) is 0 Å². The van der Waals surface area contributed by atoms with Gasteiger partial charge in [0.05, 0.1) is 17.2 Å². The SMILES string of the molecule is CCCOc1ccc(-c2csc(NC(=O)c3ccc(S(=O)(=O)N(CC)CC)cc3)n2)cc1. The number of carbonyl (C=O) groups is 1. The zero-order chi connectivity index (χ0) is 23.1. The van der Waals surface area contributed by atoms with E-state index in [-0.39, 0.29) is 10.8 Å². The molecule has 0 unspecified atom stereocenters. The van der Waals surface area contributed by atoms with Crippen LogP contribution in [0.2, 0.25) is 0 Å². The second-order valence-electron chi connectivity index (χ2n) is 6.98. The maximum atomic E-state index is 12.6. The minimum absolute atomic E-state index is 0.167. The van der Waals surface area contributed by atoms with Gasteiger partial charge in [0.25, 0.3) is 5.91 Å². The van der Waals surface area contributed by atoms with Gasteiger partial charge in [-0.05, 0) is 55.0 Å². The van der Waals surface area contributed by atoms with Crippen molar-refractivity contribution in [3.8, 4) is 17.0 Å². The van der Waals surface area contributed by atoms with Crippen molar-refractivity contribution in [2.75, 3.05) is 25.0 Å². The number of benzene rings is 2. The first kappa shape index (κ1) is 23.9. The molecule has 0 saturated carbocycles. The van der Waals surface area contributed by atoms with Crippen molar-refractivity contribution >= 4 is 32.4 Å². The predicted octanol–water partition coefficient (Wildman–Crippen LogP) is 4.88. The zero-order valence-corrected chi connectivity index (χ0v) is 20.0. The summed E-state index contributed by atoms with van der Waals surface area (Å²) in [6.07, 6.45) is 0.950. The molecule has 0 bridgehead atoms. The molecule has 3 rings (SSSR count). The molecular formula is C23H27N3O4S2. The Balaban J connectivity index is 1.67. The summed E-state index contributed by atoms with van der Waals surface area (Å²) < 4.78 is 32.1. The first-order valence-electron chi connectivity index (χ1n) is 10.5. The fraction of sp³-hybridized carbons (Fsp3) is 0.304. The summed E-state index contributed by atoms with van der Waals surface area (Å²) in [6, 6.07) is 13.6. The fourth-order valence-corrected chi connectivity index (χ4v) is 5.24. The van der Waals surface area contributed by atoms with Gasteiger partial charge in [-0.15, -0.1) is 11.3 Å². The number of amides is 1.